The highest BCUT2D eigenvalue weighted by Crippen LogP contribution is 2.36. The van der Waals surface area contributed by atoms with Gasteiger partial charge in [0.25, 0.3) is 0 Å². The first kappa shape index (κ1) is 14.0. The molecule has 4 heteroatoms. The van der Waals surface area contributed by atoms with E-state index < -0.39 is 21.2 Å². The molecule has 1 N–H and O–H groups in total. The van der Waals surface area contributed by atoms with Crippen LogP contribution in [0.25, 0.3) is 0 Å². The third-order valence-electron chi connectivity index (χ3n) is 4.09. The molecule has 0 saturated heterocycles. The second-order valence-corrected chi connectivity index (χ2v) is 7.54. The van der Waals surface area contributed by atoms with E-state index in [9.17, 15) is 13.5 Å². The zero-order valence-corrected chi connectivity index (χ0v) is 11.3. The average molecular weight is 248 g/mol. The number of hydrogen-bond acceptors (Lipinski definition) is 3. The van der Waals surface area contributed by atoms with Crippen molar-refractivity contribution in [3.8, 4) is 0 Å². The highest BCUT2D eigenvalue weighted by atomic mass is 32.2. The number of rotatable bonds is 4. The van der Waals surface area contributed by atoms with E-state index in [-0.39, 0.29) is 5.92 Å². The van der Waals surface area contributed by atoms with E-state index >= 15 is 0 Å². The molecule has 0 radical (unpaired) electrons. The van der Waals surface area contributed by atoms with Crippen molar-refractivity contribution in [1.29, 1.82) is 0 Å². The molecule has 0 aromatic carbocycles. The van der Waals surface area contributed by atoms with E-state index in [1.54, 1.807) is 6.92 Å². The van der Waals surface area contributed by atoms with Crippen LogP contribution in [0.1, 0.15) is 46.0 Å². The van der Waals surface area contributed by atoms with Crippen LogP contribution in [0.3, 0.4) is 0 Å². The molecule has 16 heavy (non-hydrogen) atoms. The zero-order valence-electron chi connectivity index (χ0n) is 10.5. The summed E-state index contributed by atoms with van der Waals surface area (Å²) in [4.78, 5) is 0. The fourth-order valence-electron chi connectivity index (χ4n) is 2.79. The third-order valence-corrected chi connectivity index (χ3v) is 5.72. The van der Waals surface area contributed by atoms with Gasteiger partial charge in [-0.15, -0.1) is 0 Å². The number of hydrogen-bond donors (Lipinski definition) is 1. The van der Waals surface area contributed by atoms with E-state index in [4.69, 9.17) is 0 Å². The largest absolute Gasteiger partial charge is 0.391 e. The lowest BCUT2D eigenvalue weighted by Gasteiger charge is -2.36. The van der Waals surface area contributed by atoms with E-state index in [1.165, 1.54) is 12.7 Å². The van der Waals surface area contributed by atoms with Gasteiger partial charge in [0.05, 0.1) is 11.4 Å². The first-order chi connectivity index (χ1) is 7.38. The molecule has 0 spiro atoms. The number of aliphatic hydroxyl groups excluding tert-OH is 1. The molecule has 0 aliphatic heterocycles. The summed E-state index contributed by atoms with van der Waals surface area (Å²) in [5.74, 6) is 0.663. The summed E-state index contributed by atoms with van der Waals surface area (Å²) in [5, 5.41) is 9.57. The van der Waals surface area contributed by atoms with Crippen LogP contribution >= 0.6 is 0 Å². The molecule has 1 fully saturated rings. The Labute approximate surface area is 99.2 Å². The van der Waals surface area contributed by atoms with Gasteiger partial charge in [-0.1, -0.05) is 32.6 Å². The van der Waals surface area contributed by atoms with Crippen molar-refractivity contribution in [2.75, 3.05) is 6.26 Å². The minimum atomic E-state index is -3.13. The molecule has 1 aliphatic rings. The van der Waals surface area contributed by atoms with Gasteiger partial charge in [-0.2, -0.15) is 0 Å². The summed E-state index contributed by atoms with van der Waals surface area (Å²) in [6, 6.07) is 0. The van der Waals surface area contributed by atoms with E-state index in [0.717, 1.165) is 25.7 Å². The Morgan fingerprint density at radius 2 is 1.88 bits per heavy atom. The highest BCUT2D eigenvalue weighted by molar-refractivity contribution is 7.91. The monoisotopic (exact) mass is 248 g/mol. The second kappa shape index (κ2) is 5.50. The van der Waals surface area contributed by atoms with Crippen molar-refractivity contribution in [3.63, 3.8) is 0 Å². The predicted molar refractivity (Wildman–Crippen MR) is 66.1 cm³/mol. The maximum absolute atomic E-state index is 11.5. The van der Waals surface area contributed by atoms with Crippen LogP contribution in [0.15, 0.2) is 0 Å². The smallest absolute Gasteiger partial charge is 0.152 e. The predicted octanol–water partition coefficient (Wildman–Crippen LogP) is 2.00. The average Bonchev–Trinajstić information content (AvgIpc) is 2.25. The van der Waals surface area contributed by atoms with Gasteiger partial charge in [-0.25, -0.2) is 8.42 Å². The Kier molecular flexibility index (Phi) is 4.80. The Morgan fingerprint density at radius 3 is 2.38 bits per heavy atom. The van der Waals surface area contributed by atoms with Crippen LogP contribution in [0.4, 0.5) is 0 Å². The van der Waals surface area contributed by atoms with Crippen LogP contribution in [-0.2, 0) is 9.84 Å². The third kappa shape index (κ3) is 3.20. The van der Waals surface area contributed by atoms with Gasteiger partial charge in [-0.05, 0) is 25.2 Å². The van der Waals surface area contributed by atoms with Gasteiger partial charge in [0.15, 0.2) is 9.84 Å². The quantitative estimate of drug-likeness (QED) is 0.828. The second-order valence-electron chi connectivity index (χ2n) is 5.14. The number of sulfone groups is 1. The van der Waals surface area contributed by atoms with Crippen molar-refractivity contribution in [2.45, 2.75) is 57.3 Å². The first-order valence-electron chi connectivity index (χ1n) is 6.24. The maximum atomic E-state index is 11.5. The fraction of sp³-hybridized carbons (Fsp3) is 1.00. The van der Waals surface area contributed by atoms with Crippen molar-refractivity contribution >= 4 is 9.84 Å². The summed E-state index contributed by atoms with van der Waals surface area (Å²) in [6.07, 6.45) is 6.00. The molecule has 0 heterocycles. The molecule has 0 amide bonds. The molecule has 0 aromatic heterocycles. The van der Waals surface area contributed by atoms with Gasteiger partial charge < -0.3 is 5.11 Å². The molecule has 0 aromatic rings. The molecule has 1 saturated carbocycles. The lowest BCUT2D eigenvalue weighted by atomic mass is 9.74. The Hall–Kier alpha value is -0.0900. The summed E-state index contributed by atoms with van der Waals surface area (Å²) in [5.41, 5.74) is 0. The minimum Gasteiger partial charge on any atom is -0.391 e. The molecule has 1 aliphatic carbocycles. The van der Waals surface area contributed by atoms with Crippen LogP contribution in [0.5, 0.6) is 0 Å². The Bertz CT molecular complexity index is 310. The lowest BCUT2D eigenvalue weighted by Crippen LogP contribution is -2.41. The van der Waals surface area contributed by atoms with Crippen molar-refractivity contribution < 1.29 is 13.5 Å². The first-order valence-corrected chi connectivity index (χ1v) is 8.20. The van der Waals surface area contributed by atoms with E-state index in [1.807, 2.05) is 0 Å². The minimum absolute atomic E-state index is 0.170. The van der Waals surface area contributed by atoms with E-state index in [0.29, 0.717) is 5.92 Å². The van der Waals surface area contributed by atoms with Gasteiger partial charge in [0, 0.05) is 6.26 Å². The number of aliphatic hydroxyl groups is 1. The van der Waals surface area contributed by atoms with Gasteiger partial charge in [0.1, 0.15) is 0 Å². The summed E-state index contributed by atoms with van der Waals surface area (Å²) in [6.45, 7) is 3.75. The van der Waals surface area contributed by atoms with Crippen LogP contribution in [-0.4, -0.2) is 31.1 Å². The molecule has 3 nitrogen and oxygen atoms in total. The highest BCUT2D eigenvalue weighted by Gasteiger charge is 2.36. The fourth-order valence-corrected chi connectivity index (χ4v) is 3.50. The Balaban J connectivity index is 2.74. The van der Waals surface area contributed by atoms with Crippen molar-refractivity contribution in [3.05, 3.63) is 0 Å². The maximum Gasteiger partial charge on any atom is 0.152 e. The normalized spacial score (nSPS) is 31.0. The molecular formula is C12H24O3S. The Morgan fingerprint density at radius 1 is 1.31 bits per heavy atom. The molecular weight excluding hydrogens is 224 g/mol. The van der Waals surface area contributed by atoms with E-state index in [2.05, 4.69) is 6.92 Å². The lowest BCUT2D eigenvalue weighted by molar-refractivity contribution is 0.0459. The SMILES string of the molecule is CCC1CCCCC1C(O)C(C)S(C)(=O)=O. The molecule has 1 rings (SSSR count). The van der Waals surface area contributed by atoms with Crippen LogP contribution in [0.2, 0.25) is 0 Å². The van der Waals surface area contributed by atoms with Crippen molar-refractivity contribution in [1.82, 2.24) is 0 Å². The zero-order chi connectivity index (χ0) is 12.3. The van der Waals surface area contributed by atoms with Gasteiger partial charge >= 0.3 is 0 Å². The van der Waals surface area contributed by atoms with Gasteiger partial charge in [0.2, 0.25) is 0 Å². The summed E-state index contributed by atoms with van der Waals surface area (Å²) < 4.78 is 22.9. The molecule has 96 valence electrons. The molecule has 4 unspecified atom stereocenters. The standard InChI is InChI=1S/C12H24O3S/c1-4-10-7-5-6-8-11(10)12(13)9(2)16(3,14)15/h9-13H,4-8H2,1-3H3. The van der Waals surface area contributed by atoms with Gasteiger partial charge in [-0.3, -0.25) is 0 Å². The molecule has 0 bridgehead atoms. The topological polar surface area (TPSA) is 54.4 Å². The van der Waals surface area contributed by atoms with Crippen molar-refractivity contribution in [2.24, 2.45) is 11.8 Å². The van der Waals surface area contributed by atoms with Crippen LogP contribution < -0.4 is 0 Å². The summed E-state index contributed by atoms with van der Waals surface area (Å²) in [7, 11) is -3.13. The summed E-state index contributed by atoms with van der Waals surface area (Å²) >= 11 is 0. The molecule has 4 atom stereocenters. The van der Waals surface area contributed by atoms with Crippen LogP contribution in [0, 0.1) is 11.8 Å².